The summed E-state index contributed by atoms with van der Waals surface area (Å²) in [5.74, 6) is -1.66. The Labute approximate surface area is 183 Å². The number of hydrogen-bond acceptors (Lipinski definition) is 5. The van der Waals surface area contributed by atoms with Crippen LogP contribution in [0.15, 0.2) is 54.1 Å². The van der Waals surface area contributed by atoms with Crippen molar-refractivity contribution >= 4 is 45.5 Å². The summed E-state index contributed by atoms with van der Waals surface area (Å²) in [5.41, 5.74) is 3.00. The molecule has 3 aromatic rings. The second kappa shape index (κ2) is 7.70. The van der Waals surface area contributed by atoms with Gasteiger partial charge in [0, 0.05) is 15.5 Å². The average molecular weight is 439 g/mol. The van der Waals surface area contributed by atoms with Gasteiger partial charge in [0.25, 0.3) is 5.78 Å². The Morgan fingerprint density at radius 2 is 1.67 bits per heavy atom. The number of halogens is 1. The van der Waals surface area contributed by atoms with E-state index in [9.17, 15) is 14.7 Å². The fourth-order valence-corrected chi connectivity index (χ4v) is 4.48. The monoisotopic (exact) mass is 438 g/mol. The third-order valence-corrected chi connectivity index (χ3v) is 6.50. The maximum absolute atomic E-state index is 13.1. The van der Waals surface area contributed by atoms with E-state index in [1.54, 1.807) is 36.4 Å². The molecule has 7 heteroatoms. The molecule has 5 nitrogen and oxygen atoms in total. The Kier molecular flexibility index (Phi) is 5.22. The van der Waals surface area contributed by atoms with Gasteiger partial charge in [-0.1, -0.05) is 53.6 Å². The van der Waals surface area contributed by atoms with Gasteiger partial charge in [0.15, 0.2) is 5.13 Å². The second-order valence-corrected chi connectivity index (χ2v) is 8.84. The van der Waals surface area contributed by atoms with E-state index >= 15 is 0 Å². The minimum absolute atomic E-state index is 0.0386. The van der Waals surface area contributed by atoms with Gasteiger partial charge in [-0.2, -0.15) is 0 Å². The van der Waals surface area contributed by atoms with Gasteiger partial charge in [0.2, 0.25) is 0 Å². The van der Waals surface area contributed by atoms with Gasteiger partial charge in [-0.15, -0.1) is 11.3 Å². The zero-order valence-corrected chi connectivity index (χ0v) is 18.2. The Bertz CT molecular complexity index is 1160. The van der Waals surface area contributed by atoms with Crippen LogP contribution in [0.5, 0.6) is 0 Å². The third-order valence-electron chi connectivity index (χ3n) is 5.18. The van der Waals surface area contributed by atoms with Crippen molar-refractivity contribution in [3.63, 3.8) is 0 Å². The highest BCUT2D eigenvalue weighted by Crippen LogP contribution is 2.43. The highest BCUT2D eigenvalue weighted by atomic mass is 35.5. The van der Waals surface area contributed by atoms with E-state index in [-0.39, 0.29) is 11.3 Å². The molecular weight excluding hydrogens is 420 g/mol. The van der Waals surface area contributed by atoms with Crippen LogP contribution >= 0.6 is 22.9 Å². The van der Waals surface area contributed by atoms with Crippen LogP contribution in [-0.4, -0.2) is 21.8 Å². The summed E-state index contributed by atoms with van der Waals surface area (Å²) >= 11 is 7.39. The first-order chi connectivity index (χ1) is 14.3. The molecule has 1 aliphatic heterocycles. The number of amides is 1. The molecule has 0 saturated carbocycles. The van der Waals surface area contributed by atoms with Gasteiger partial charge in [-0.25, -0.2) is 4.98 Å². The first kappa shape index (κ1) is 20.3. The fourth-order valence-electron chi connectivity index (χ4n) is 3.42. The first-order valence-corrected chi connectivity index (χ1v) is 10.5. The van der Waals surface area contributed by atoms with Crippen LogP contribution in [0.1, 0.15) is 33.3 Å². The molecule has 2 heterocycles. The Morgan fingerprint density at radius 1 is 1.03 bits per heavy atom. The molecule has 0 bridgehead atoms. The number of ketones is 1. The number of hydrogen-bond donors (Lipinski definition) is 1. The topological polar surface area (TPSA) is 70.5 Å². The molecule has 0 spiro atoms. The van der Waals surface area contributed by atoms with Crippen molar-refractivity contribution in [3.05, 3.63) is 86.4 Å². The summed E-state index contributed by atoms with van der Waals surface area (Å²) in [6.45, 7) is 5.70. The lowest BCUT2D eigenvalue weighted by Gasteiger charge is -2.23. The predicted molar refractivity (Wildman–Crippen MR) is 119 cm³/mol. The molecule has 1 N–H and O–H groups in total. The standard InChI is InChI=1S/C23H19ClN2O3S/c1-12-4-6-16(7-5-12)20(27)18-19(15-8-10-17(24)11-9-15)26(22(29)21(18)28)23-25-13(2)14(3)30-23/h4-11,19,27H,1-3H3/b20-18+/t19-/m1/s1. The largest absolute Gasteiger partial charge is 0.507 e. The molecule has 1 amide bonds. The van der Waals surface area contributed by atoms with E-state index in [2.05, 4.69) is 4.98 Å². The van der Waals surface area contributed by atoms with Crippen LogP contribution in [0, 0.1) is 20.8 Å². The number of aromatic nitrogens is 1. The van der Waals surface area contributed by atoms with Crippen molar-refractivity contribution in [1.29, 1.82) is 0 Å². The second-order valence-electron chi connectivity index (χ2n) is 7.22. The number of aryl methyl sites for hydroxylation is 3. The lowest BCUT2D eigenvalue weighted by Crippen LogP contribution is -2.29. The molecular formula is C23H19ClN2O3S. The van der Waals surface area contributed by atoms with Crippen LogP contribution in [-0.2, 0) is 9.59 Å². The molecule has 30 heavy (non-hydrogen) atoms. The first-order valence-electron chi connectivity index (χ1n) is 9.35. The molecule has 1 fully saturated rings. The van der Waals surface area contributed by atoms with Gasteiger partial charge in [-0.05, 0) is 38.5 Å². The number of anilines is 1. The van der Waals surface area contributed by atoms with Crippen LogP contribution in [0.4, 0.5) is 5.13 Å². The summed E-state index contributed by atoms with van der Waals surface area (Å²) in [4.78, 5) is 32.9. The number of nitrogens with zero attached hydrogens (tertiary/aromatic N) is 2. The smallest absolute Gasteiger partial charge is 0.301 e. The summed E-state index contributed by atoms with van der Waals surface area (Å²) < 4.78 is 0. The maximum atomic E-state index is 13.1. The lowest BCUT2D eigenvalue weighted by atomic mass is 9.95. The van der Waals surface area contributed by atoms with Gasteiger partial charge in [0.1, 0.15) is 5.76 Å². The molecule has 1 aliphatic rings. The number of aliphatic hydroxyl groups excluding tert-OH is 1. The zero-order chi connectivity index (χ0) is 21.6. The summed E-state index contributed by atoms with van der Waals surface area (Å²) in [6, 6.07) is 13.2. The van der Waals surface area contributed by atoms with Crippen LogP contribution in [0.3, 0.4) is 0 Å². The summed E-state index contributed by atoms with van der Waals surface area (Å²) in [7, 11) is 0. The minimum Gasteiger partial charge on any atom is -0.507 e. The Hall–Kier alpha value is -2.96. The summed E-state index contributed by atoms with van der Waals surface area (Å²) in [6.07, 6.45) is 0. The van der Waals surface area contributed by atoms with Crippen LogP contribution in [0.2, 0.25) is 5.02 Å². The van der Waals surface area contributed by atoms with E-state index in [0.29, 0.717) is 21.3 Å². The molecule has 152 valence electrons. The number of Topliss-reactive ketones (excluding diaryl/α,β-unsaturated/α-hetero) is 1. The number of carbonyl (C=O) groups is 2. The number of carbonyl (C=O) groups excluding carboxylic acids is 2. The molecule has 0 unspecified atom stereocenters. The van der Waals surface area contributed by atoms with E-state index in [1.165, 1.54) is 16.2 Å². The normalized spacial score (nSPS) is 18.3. The Balaban J connectivity index is 1.94. The molecule has 2 aromatic carbocycles. The SMILES string of the molecule is Cc1ccc(/C(O)=C2\C(=O)C(=O)N(c3nc(C)c(C)s3)[C@@H]2c2ccc(Cl)cc2)cc1. The lowest BCUT2D eigenvalue weighted by molar-refractivity contribution is -0.132. The average Bonchev–Trinajstić information content (AvgIpc) is 3.18. The van der Waals surface area contributed by atoms with Crippen molar-refractivity contribution in [2.75, 3.05) is 4.90 Å². The van der Waals surface area contributed by atoms with E-state index in [0.717, 1.165) is 16.1 Å². The number of aliphatic hydroxyl groups is 1. The molecule has 1 atom stereocenters. The zero-order valence-electron chi connectivity index (χ0n) is 16.6. The minimum atomic E-state index is -0.798. The van der Waals surface area contributed by atoms with Gasteiger partial charge >= 0.3 is 5.91 Å². The highest BCUT2D eigenvalue weighted by Gasteiger charge is 2.48. The fraction of sp³-hybridized carbons (Fsp3) is 0.174. The van der Waals surface area contributed by atoms with E-state index in [4.69, 9.17) is 11.6 Å². The number of thiazole rings is 1. The van der Waals surface area contributed by atoms with Crippen molar-refractivity contribution in [3.8, 4) is 0 Å². The van der Waals surface area contributed by atoms with E-state index in [1.807, 2.05) is 32.9 Å². The number of benzene rings is 2. The molecule has 4 rings (SSSR count). The molecule has 1 aromatic heterocycles. The highest BCUT2D eigenvalue weighted by molar-refractivity contribution is 7.16. The van der Waals surface area contributed by atoms with Crippen molar-refractivity contribution in [2.45, 2.75) is 26.8 Å². The predicted octanol–water partition coefficient (Wildman–Crippen LogP) is 5.35. The third kappa shape index (κ3) is 3.42. The van der Waals surface area contributed by atoms with Gasteiger partial charge in [0.05, 0.1) is 17.3 Å². The summed E-state index contributed by atoms with van der Waals surface area (Å²) in [5, 5.41) is 12.0. The quantitative estimate of drug-likeness (QED) is 0.340. The van der Waals surface area contributed by atoms with Crippen LogP contribution in [0.25, 0.3) is 5.76 Å². The molecule has 0 radical (unpaired) electrons. The van der Waals surface area contributed by atoms with Crippen molar-refractivity contribution in [2.24, 2.45) is 0 Å². The Morgan fingerprint density at radius 3 is 2.23 bits per heavy atom. The van der Waals surface area contributed by atoms with Crippen molar-refractivity contribution < 1.29 is 14.7 Å². The van der Waals surface area contributed by atoms with E-state index < -0.39 is 17.7 Å². The van der Waals surface area contributed by atoms with Gasteiger partial charge in [-0.3, -0.25) is 14.5 Å². The number of rotatable bonds is 3. The van der Waals surface area contributed by atoms with Crippen molar-refractivity contribution in [1.82, 2.24) is 4.98 Å². The van der Waals surface area contributed by atoms with Gasteiger partial charge < -0.3 is 5.11 Å². The molecule has 1 saturated heterocycles. The molecule has 0 aliphatic carbocycles. The van der Waals surface area contributed by atoms with Crippen LogP contribution < -0.4 is 4.90 Å². The maximum Gasteiger partial charge on any atom is 0.301 e.